The first kappa shape index (κ1) is 34.4. The van der Waals surface area contributed by atoms with E-state index in [1.54, 1.807) is 65.6 Å². The maximum atomic E-state index is 13.8. The minimum Gasteiger partial charge on any atom is -0.457 e. The molecule has 0 aliphatic heterocycles. The molecule has 2 amide bonds. The van der Waals surface area contributed by atoms with Gasteiger partial charge in [-0.3, -0.25) is 10.2 Å². The van der Waals surface area contributed by atoms with Crippen LogP contribution in [0, 0.1) is 11.3 Å². The van der Waals surface area contributed by atoms with Gasteiger partial charge in [0.05, 0.1) is 5.56 Å². The zero-order chi connectivity index (χ0) is 34.1. The number of benzene rings is 4. The molecule has 4 aromatic carbocycles. The Morgan fingerprint density at radius 1 is 0.830 bits per heavy atom. The van der Waals surface area contributed by atoms with Crippen LogP contribution >= 0.6 is 0 Å². The maximum absolute atomic E-state index is 13.8. The third-order valence-corrected chi connectivity index (χ3v) is 7.04. The zero-order valence-corrected chi connectivity index (χ0v) is 27.5. The van der Waals surface area contributed by atoms with Crippen LogP contribution in [0.4, 0.5) is 10.5 Å². The molecule has 9 heteroatoms. The molecule has 0 saturated heterocycles. The Balaban J connectivity index is 1.71. The zero-order valence-electron chi connectivity index (χ0n) is 27.5. The minimum absolute atomic E-state index is 0.0678. The molecule has 0 unspecified atom stereocenters. The summed E-state index contributed by atoms with van der Waals surface area (Å²) in [6.45, 7) is 10.2. The second-order valence-electron chi connectivity index (χ2n) is 12.7. The Morgan fingerprint density at radius 2 is 1.47 bits per heavy atom. The molecule has 0 bridgehead atoms. The van der Waals surface area contributed by atoms with E-state index in [9.17, 15) is 14.4 Å². The summed E-state index contributed by atoms with van der Waals surface area (Å²) >= 11 is 0. The number of ether oxygens (including phenoxy) is 2. The normalized spacial score (nSPS) is 11.1. The predicted molar refractivity (Wildman–Crippen MR) is 184 cm³/mol. The minimum atomic E-state index is -0.664. The van der Waals surface area contributed by atoms with Crippen LogP contribution in [0.1, 0.15) is 72.0 Å². The molecule has 9 nitrogen and oxygen atoms in total. The summed E-state index contributed by atoms with van der Waals surface area (Å²) < 4.78 is 11.4. The summed E-state index contributed by atoms with van der Waals surface area (Å²) in [5.74, 6) is -0.826. The van der Waals surface area contributed by atoms with Crippen LogP contribution in [0.2, 0.25) is 0 Å². The highest BCUT2D eigenvalue weighted by Gasteiger charge is 2.25. The van der Waals surface area contributed by atoms with E-state index in [0.29, 0.717) is 40.0 Å². The molecular weight excluding hydrogens is 592 g/mol. The van der Waals surface area contributed by atoms with Crippen molar-refractivity contribution in [2.75, 3.05) is 11.9 Å². The number of amidine groups is 1. The van der Waals surface area contributed by atoms with Gasteiger partial charge in [-0.1, -0.05) is 74.5 Å². The number of anilines is 1. The van der Waals surface area contributed by atoms with Crippen molar-refractivity contribution in [1.29, 1.82) is 5.41 Å². The first-order valence-corrected chi connectivity index (χ1v) is 15.5. The molecule has 0 aromatic heterocycles. The van der Waals surface area contributed by atoms with E-state index in [2.05, 4.69) is 5.32 Å². The van der Waals surface area contributed by atoms with Crippen molar-refractivity contribution in [3.05, 3.63) is 125 Å². The first-order valence-electron chi connectivity index (χ1n) is 15.5. The van der Waals surface area contributed by atoms with Crippen LogP contribution in [0.5, 0.6) is 0 Å². The molecular formula is C38H42N4O5. The molecule has 0 aliphatic rings. The largest absolute Gasteiger partial charge is 0.457 e. The second kappa shape index (κ2) is 15.2. The number of rotatable bonds is 11. The summed E-state index contributed by atoms with van der Waals surface area (Å²) in [6.07, 6.45) is -0.443. The van der Waals surface area contributed by atoms with Crippen molar-refractivity contribution in [3.8, 4) is 11.1 Å². The van der Waals surface area contributed by atoms with E-state index in [-0.39, 0.29) is 36.4 Å². The third-order valence-electron chi connectivity index (χ3n) is 7.04. The van der Waals surface area contributed by atoms with Gasteiger partial charge in [0.1, 0.15) is 18.0 Å². The molecule has 244 valence electrons. The van der Waals surface area contributed by atoms with E-state index in [1.165, 1.54) is 0 Å². The molecule has 0 spiro atoms. The number of hydrogen-bond donors (Lipinski definition) is 3. The fourth-order valence-electron chi connectivity index (χ4n) is 4.93. The standard InChI is InChI=1S/C38H42N4O5/c1-25(2)22-42(37(45)47-38(3,4)5)23-27-15-20-31(33(21-27)36(44)46-24-26-11-7-6-8-12-26)30-13-9-10-14-32(30)35(43)41-29-18-16-28(17-19-29)34(39)40/h6-21,25H,22-24H2,1-5H3,(H3,39,40)(H,41,43). The summed E-state index contributed by atoms with van der Waals surface area (Å²) in [7, 11) is 0. The van der Waals surface area contributed by atoms with Crippen molar-refractivity contribution in [2.45, 2.75) is 53.4 Å². The quantitative estimate of drug-likeness (QED) is 0.0882. The number of nitrogens with one attached hydrogen (secondary N) is 2. The number of carbonyl (C=O) groups excluding carboxylic acids is 3. The van der Waals surface area contributed by atoms with Gasteiger partial charge in [-0.15, -0.1) is 0 Å². The van der Waals surface area contributed by atoms with Gasteiger partial charge in [0, 0.05) is 29.9 Å². The number of hydrogen-bond acceptors (Lipinski definition) is 6. The first-order chi connectivity index (χ1) is 22.3. The Hall–Kier alpha value is -5.44. The Morgan fingerprint density at radius 3 is 2.11 bits per heavy atom. The lowest BCUT2D eigenvalue weighted by atomic mass is 9.93. The van der Waals surface area contributed by atoms with Gasteiger partial charge in [0.15, 0.2) is 0 Å². The smallest absolute Gasteiger partial charge is 0.410 e. The van der Waals surface area contributed by atoms with Crippen molar-refractivity contribution >= 4 is 29.5 Å². The number of esters is 1. The predicted octanol–water partition coefficient (Wildman–Crippen LogP) is 7.64. The molecule has 0 heterocycles. The Kier molecular flexibility index (Phi) is 11.2. The van der Waals surface area contributed by atoms with Gasteiger partial charge in [0.2, 0.25) is 0 Å². The van der Waals surface area contributed by atoms with Gasteiger partial charge in [-0.2, -0.15) is 0 Å². The molecule has 0 atom stereocenters. The summed E-state index contributed by atoms with van der Waals surface area (Å²) in [5.41, 5.74) is 9.17. The molecule has 4 aromatic rings. The number of carbonyl (C=O) groups is 3. The van der Waals surface area contributed by atoms with Crippen molar-refractivity contribution in [1.82, 2.24) is 4.90 Å². The molecule has 0 aliphatic carbocycles. The monoisotopic (exact) mass is 634 g/mol. The van der Waals surface area contributed by atoms with Gasteiger partial charge in [0.25, 0.3) is 5.91 Å². The number of nitrogens with two attached hydrogens (primary N) is 1. The van der Waals surface area contributed by atoms with Crippen molar-refractivity contribution in [2.24, 2.45) is 11.7 Å². The summed E-state index contributed by atoms with van der Waals surface area (Å²) in [4.78, 5) is 42.1. The van der Waals surface area contributed by atoms with Crippen LogP contribution in [-0.2, 0) is 22.6 Å². The lowest BCUT2D eigenvalue weighted by molar-refractivity contribution is 0.0211. The molecule has 47 heavy (non-hydrogen) atoms. The number of nitrogen functional groups attached to an aromatic ring is 1. The fraction of sp³-hybridized carbons (Fsp3) is 0.263. The fourth-order valence-corrected chi connectivity index (χ4v) is 4.93. The number of nitrogens with zero attached hydrogens (tertiary/aromatic N) is 1. The average Bonchev–Trinajstić information content (AvgIpc) is 3.03. The highest BCUT2D eigenvalue weighted by atomic mass is 16.6. The van der Waals surface area contributed by atoms with Crippen molar-refractivity contribution < 1.29 is 23.9 Å². The third kappa shape index (κ3) is 9.77. The number of amides is 2. The second-order valence-corrected chi connectivity index (χ2v) is 12.7. The van der Waals surface area contributed by atoms with Gasteiger partial charge in [-0.05, 0) is 85.3 Å². The highest BCUT2D eigenvalue weighted by molar-refractivity contribution is 6.10. The maximum Gasteiger partial charge on any atom is 0.410 e. The topological polar surface area (TPSA) is 135 Å². The van der Waals surface area contributed by atoms with Crippen LogP contribution in [0.25, 0.3) is 11.1 Å². The molecule has 4 rings (SSSR count). The lowest BCUT2D eigenvalue weighted by Gasteiger charge is -2.29. The molecule has 0 saturated carbocycles. The summed E-state index contributed by atoms with van der Waals surface area (Å²) in [6, 6.07) is 28.4. The average molecular weight is 635 g/mol. The van der Waals surface area contributed by atoms with E-state index in [0.717, 1.165) is 5.56 Å². The highest BCUT2D eigenvalue weighted by Crippen LogP contribution is 2.30. The van der Waals surface area contributed by atoms with Crippen LogP contribution in [0.15, 0.2) is 97.1 Å². The van der Waals surface area contributed by atoms with Crippen LogP contribution in [-0.4, -0.2) is 40.9 Å². The van der Waals surface area contributed by atoms with E-state index in [4.69, 9.17) is 20.6 Å². The van der Waals surface area contributed by atoms with Crippen LogP contribution in [0.3, 0.4) is 0 Å². The van der Waals surface area contributed by atoms with Crippen LogP contribution < -0.4 is 11.1 Å². The molecule has 4 N–H and O–H groups in total. The molecule has 0 fully saturated rings. The van der Waals surface area contributed by atoms with Gasteiger partial charge in [-0.25, -0.2) is 9.59 Å². The van der Waals surface area contributed by atoms with E-state index < -0.39 is 17.7 Å². The van der Waals surface area contributed by atoms with E-state index in [1.807, 2.05) is 71.0 Å². The SMILES string of the molecule is CC(C)CN(Cc1ccc(-c2ccccc2C(=O)Nc2ccc(C(=N)N)cc2)c(C(=O)OCc2ccccc2)c1)C(=O)OC(C)(C)C. The van der Waals surface area contributed by atoms with Crippen molar-refractivity contribution in [3.63, 3.8) is 0 Å². The summed E-state index contributed by atoms with van der Waals surface area (Å²) in [5, 5.41) is 10.5. The molecule has 0 radical (unpaired) electrons. The van der Waals surface area contributed by atoms with Gasteiger partial charge >= 0.3 is 12.1 Å². The van der Waals surface area contributed by atoms with E-state index >= 15 is 0 Å². The van der Waals surface area contributed by atoms with Gasteiger partial charge < -0.3 is 25.4 Å². The Bertz CT molecular complexity index is 1730. The Labute approximate surface area is 276 Å². The lowest BCUT2D eigenvalue weighted by Crippen LogP contribution is -2.38.